The summed E-state index contributed by atoms with van der Waals surface area (Å²) in [7, 11) is 1.53. The first-order chi connectivity index (χ1) is 16.1. The number of fused-ring (bicyclic) bond motifs is 5. The molecular formula is C25H20N2O5S. The fourth-order valence-corrected chi connectivity index (χ4v) is 5.34. The summed E-state index contributed by atoms with van der Waals surface area (Å²) in [6, 6.07) is 7.75. The molecule has 8 heteroatoms. The molecule has 2 aliphatic heterocycles. The molecule has 4 aromatic rings. The number of ether oxygens (including phenoxy) is 3. The van der Waals surface area contributed by atoms with E-state index < -0.39 is 6.10 Å². The van der Waals surface area contributed by atoms with Gasteiger partial charge in [-0.2, -0.15) is 11.3 Å². The summed E-state index contributed by atoms with van der Waals surface area (Å²) in [5.41, 5.74) is 5.91. The molecule has 0 aliphatic carbocycles. The van der Waals surface area contributed by atoms with Crippen LogP contribution in [0.2, 0.25) is 0 Å². The number of nitrogens with zero attached hydrogens (tertiary/aromatic N) is 2. The van der Waals surface area contributed by atoms with Crippen LogP contribution in [-0.2, 0) is 17.9 Å². The third kappa shape index (κ3) is 2.95. The number of methoxy groups -OCH3 is 1. The lowest BCUT2D eigenvalue weighted by molar-refractivity contribution is 0.174. The van der Waals surface area contributed by atoms with Crippen molar-refractivity contribution in [3.05, 3.63) is 74.7 Å². The summed E-state index contributed by atoms with van der Waals surface area (Å²) >= 11 is 1.61. The van der Waals surface area contributed by atoms with E-state index in [0.29, 0.717) is 34.9 Å². The minimum Gasteiger partial charge on any atom is -0.454 e. The Hall–Kier alpha value is -3.46. The smallest absolute Gasteiger partial charge is 0.257 e. The van der Waals surface area contributed by atoms with Crippen LogP contribution in [0.15, 0.2) is 52.5 Å². The summed E-state index contributed by atoms with van der Waals surface area (Å²) in [5.74, 6) is 1.34. The second-order valence-corrected chi connectivity index (χ2v) is 8.80. The Morgan fingerprint density at radius 2 is 2.15 bits per heavy atom. The molecule has 1 aromatic carbocycles. The van der Waals surface area contributed by atoms with E-state index in [1.165, 1.54) is 13.2 Å². The van der Waals surface area contributed by atoms with Crippen LogP contribution in [0.5, 0.6) is 11.5 Å². The third-order valence-corrected chi connectivity index (χ3v) is 6.90. The molecule has 1 atom stereocenters. The molecule has 0 bridgehead atoms. The average molecular weight is 461 g/mol. The van der Waals surface area contributed by atoms with E-state index in [2.05, 4.69) is 18.0 Å². The topological polar surface area (TPSA) is 82.8 Å². The zero-order valence-corrected chi connectivity index (χ0v) is 18.6. The highest BCUT2D eigenvalue weighted by molar-refractivity contribution is 7.08. The van der Waals surface area contributed by atoms with E-state index in [1.54, 1.807) is 15.9 Å². The lowest BCUT2D eigenvalue weighted by atomic mass is 9.95. The van der Waals surface area contributed by atoms with Crippen LogP contribution < -0.4 is 15.0 Å². The van der Waals surface area contributed by atoms with E-state index in [1.807, 2.05) is 23.6 Å². The maximum Gasteiger partial charge on any atom is 0.257 e. The molecule has 3 aromatic heterocycles. The molecule has 166 valence electrons. The molecule has 0 saturated carbocycles. The Morgan fingerprint density at radius 3 is 2.88 bits per heavy atom. The molecule has 33 heavy (non-hydrogen) atoms. The second-order valence-electron chi connectivity index (χ2n) is 8.02. The number of aliphatic hydroxyl groups is 1. The van der Waals surface area contributed by atoms with Gasteiger partial charge in [0.05, 0.1) is 36.2 Å². The molecular weight excluding hydrogens is 440 g/mol. The average Bonchev–Trinajstić information content (AvgIpc) is 3.57. The van der Waals surface area contributed by atoms with Gasteiger partial charge in [0, 0.05) is 29.7 Å². The molecule has 7 nitrogen and oxygen atoms in total. The number of aliphatic hydroxyl groups excluding tert-OH is 1. The fourth-order valence-electron chi connectivity index (χ4n) is 4.69. The third-order valence-electron chi connectivity index (χ3n) is 6.21. The van der Waals surface area contributed by atoms with Crippen molar-refractivity contribution < 1.29 is 19.3 Å². The zero-order valence-electron chi connectivity index (χ0n) is 17.8. The monoisotopic (exact) mass is 460 g/mol. The van der Waals surface area contributed by atoms with E-state index in [4.69, 9.17) is 19.2 Å². The van der Waals surface area contributed by atoms with Gasteiger partial charge >= 0.3 is 0 Å². The van der Waals surface area contributed by atoms with Gasteiger partial charge in [-0.05, 0) is 45.6 Å². The SMILES string of the molecule is C=CC(O)c1cc2n(c(=O)c1COC)Cc1c-2nc2cc3c(cc2c1-c1ccsc1)OCO3. The number of thiophene rings is 1. The van der Waals surface area contributed by atoms with E-state index >= 15 is 0 Å². The Morgan fingerprint density at radius 1 is 1.33 bits per heavy atom. The van der Waals surface area contributed by atoms with Crippen LogP contribution in [0.25, 0.3) is 33.4 Å². The van der Waals surface area contributed by atoms with Crippen LogP contribution in [0.4, 0.5) is 0 Å². The number of aromatic nitrogens is 2. The Kier molecular flexibility index (Phi) is 4.62. The second kappa shape index (κ2) is 7.55. The van der Waals surface area contributed by atoms with Crippen LogP contribution in [0.3, 0.4) is 0 Å². The summed E-state index contributed by atoms with van der Waals surface area (Å²) in [4.78, 5) is 18.4. The summed E-state index contributed by atoms with van der Waals surface area (Å²) in [6.07, 6.45) is 0.426. The van der Waals surface area contributed by atoms with Crippen molar-refractivity contribution in [2.75, 3.05) is 13.9 Å². The number of hydrogen-bond donors (Lipinski definition) is 1. The first kappa shape index (κ1) is 20.2. The fraction of sp³-hybridized carbons (Fsp3) is 0.200. The molecule has 6 rings (SSSR count). The number of rotatable bonds is 5. The largest absolute Gasteiger partial charge is 0.454 e. The van der Waals surface area contributed by atoms with E-state index in [9.17, 15) is 9.90 Å². The Balaban J connectivity index is 1.68. The van der Waals surface area contributed by atoms with Crippen LogP contribution in [-0.4, -0.2) is 28.6 Å². The summed E-state index contributed by atoms with van der Waals surface area (Å²) in [5, 5.41) is 15.6. The van der Waals surface area contributed by atoms with Crippen LogP contribution in [0.1, 0.15) is 22.8 Å². The van der Waals surface area contributed by atoms with Crippen molar-refractivity contribution in [2.45, 2.75) is 19.3 Å². The highest BCUT2D eigenvalue weighted by Crippen LogP contribution is 2.45. The number of pyridine rings is 2. The van der Waals surface area contributed by atoms with Gasteiger partial charge in [0.25, 0.3) is 5.56 Å². The maximum absolute atomic E-state index is 13.5. The van der Waals surface area contributed by atoms with Crippen LogP contribution in [0, 0.1) is 0 Å². The van der Waals surface area contributed by atoms with Gasteiger partial charge in [0.1, 0.15) is 0 Å². The molecule has 2 aliphatic rings. The van der Waals surface area contributed by atoms with Gasteiger partial charge in [-0.15, -0.1) is 6.58 Å². The standard InChI is InChI=1S/C25H20N2O5S/c1-3-20(28)14-6-19-24-16(9-27(19)25(29)17(14)10-30-2)23(13-4-5-33-11-13)15-7-21-22(32-12-31-21)8-18(15)26-24/h3-8,11,20,28H,1,9-10,12H2,2H3. The summed E-state index contributed by atoms with van der Waals surface area (Å²) in [6.45, 7) is 4.35. The highest BCUT2D eigenvalue weighted by Gasteiger charge is 2.30. The van der Waals surface area contributed by atoms with E-state index in [-0.39, 0.29) is 19.0 Å². The van der Waals surface area contributed by atoms with Gasteiger partial charge in [-0.3, -0.25) is 4.79 Å². The van der Waals surface area contributed by atoms with Gasteiger partial charge in [-0.25, -0.2) is 4.98 Å². The first-order valence-electron chi connectivity index (χ1n) is 10.5. The van der Waals surface area contributed by atoms with E-state index in [0.717, 1.165) is 33.3 Å². The van der Waals surface area contributed by atoms with Crippen molar-refractivity contribution in [3.8, 4) is 34.0 Å². The Labute approximate surface area is 193 Å². The maximum atomic E-state index is 13.5. The molecule has 0 fully saturated rings. The van der Waals surface area contributed by atoms with Crippen molar-refractivity contribution >= 4 is 22.2 Å². The van der Waals surface area contributed by atoms with Crippen LogP contribution >= 0.6 is 11.3 Å². The lowest BCUT2D eigenvalue weighted by Crippen LogP contribution is -2.26. The lowest BCUT2D eigenvalue weighted by Gasteiger charge is -2.15. The summed E-state index contributed by atoms with van der Waals surface area (Å²) < 4.78 is 18.2. The molecule has 0 spiro atoms. The van der Waals surface area contributed by atoms with Crippen molar-refractivity contribution in [1.29, 1.82) is 0 Å². The van der Waals surface area contributed by atoms with Gasteiger partial charge in [-0.1, -0.05) is 6.08 Å². The first-order valence-corrected chi connectivity index (χ1v) is 11.4. The molecule has 1 N–H and O–H groups in total. The van der Waals surface area contributed by atoms with Gasteiger partial charge in [0.2, 0.25) is 6.79 Å². The zero-order chi connectivity index (χ0) is 22.7. The molecule has 1 unspecified atom stereocenters. The van der Waals surface area contributed by atoms with Gasteiger partial charge in [0.15, 0.2) is 11.5 Å². The molecule has 0 saturated heterocycles. The van der Waals surface area contributed by atoms with Crippen molar-refractivity contribution in [1.82, 2.24) is 9.55 Å². The minimum atomic E-state index is -0.983. The predicted octanol–water partition coefficient (Wildman–Crippen LogP) is 4.25. The molecule has 5 heterocycles. The quantitative estimate of drug-likeness (QED) is 0.395. The molecule has 0 radical (unpaired) electrons. The number of benzene rings is 1. The Bertz CT molecular complexity index is 1490. The highest BCUT2D eigenvalue weighted by atomic mass is 32.1. The van der Waals surface area contributed by atoms with Gasteiger partial charge < -0.3 is 23.9 Å². The predicted molar refractivity (Wildman–Crippen MR) is 126 cm³/mol. The van der Waals surface area contributed by atoms with Crippen molar-refractivity contribution in [2.24, 2.45) is 0 Å². The number of hydrogen-bond acceptors (Lipinski definition) is 7. The minimum absolute atomic E-state index is 0.101. The molecule has 0 amide bonds. The normalized spacial score (nSPS) is 14.4. The van der Waals surface area contributed by atoms with Crippen molar-refractivity contribution in [3.63, 3.8) is 0 Å².